The number of aryl methyl sites for hydroxylation is 1. The first-order chi connectivity index (χ1) is 5.77. The Morgan fingerprint density at radius 2 is 2.25 bits per heavy atom. The molecule has 0 radical (unpaired) electrons. The van der Waals surface area contributed by atoms with Crippen molar-refractivity contribution in [3.05, 3.63) is 23.8 Å². The van der Waals surface area contributed by atoms with Gasteiger partial charge in [0.2, 0.25) is 0 Å². The Balaban J connectivity index is 2.86. The molecule has 0 heterocycles. The summed E-state index contributed by atoms with van der Waals surface area (Å²) in [6, 6.07) is 6.28. The molecule has 2 nitrogen and oxygen atoms in total. The van der Waals surface area contributed by atoms with Gasteiger partial charge >= 0.3 is 0 Å². The van der Waals surface area contributed by atoms with E-state index in [0.29, 0.717) is 6.00 Å². The van der Waals surface area contributed by atoms with Crippen LogP contribution in [0.2, 0.25) is 0 Å². The third-order valence-corrected chi connectivity index (χ3v) is 1.80. The fourth-order valence-electron chi connectivity index (χ4n) is 1.07. The standard InChI is InChI=1S/C9H12ClNO/c1-7-5-8(11-6-10)3-4-9(7)12-2/h3-5,11H,6H2,1-2H3. The summed E-state index contributed by atoms with van der Waals surface area (Å²) in [6.45, 7) is 2.00. The Labute approximate surface area is 77.5 Å². The third-order valence-electron chi connectivity index (χ3n) is 1.67. The summed E-state index contributed by atoms with van der Waals surface area (Å²) in [6.07, 6.45) is 0. The van der Waals surface area contributed by atoms with Crippen LogP contribution in [-0.2, 0) is 0 Å². The van der Waals surface area contributed by atoms with Gasteiger partial charge in [-0.3, -0.25) is 0 Å². The van der Waals surface area contributed by atoms with Crippen LogP contribution >= 0.6 is 11.6 Å². The number of nitrogens with one attached hydrogen (secondary N) is 1. The van der Waals surface area contributed by atoms with Gasteiger partial charge in [-0.05, 0) is 30.7 Å². The molecular weight excluding hydrogens is 174 g/mol. The maximum atomic E-state index is 5.52. The van der Waals surface area contributed by atoms with Gasteiger partial charge < -0.3 is 10.1 Å². The van der Waals surface area contributed by atoms with E-state index in [-0.39, 0.29) is 0 Å². The first-order valence-corrected chi connectivity index (χ1v) is 4.26. The van der Waals surface area contributed by atoms with Gasteiger partial charge in [-0.2, -0.15) is 0 Å². The molecule has 1 N–H and O–H groups in total. The molecule has 1 aromatic carbocycles. The van der Waals surface area contributed by atoms with Crippen LogP contribution in [0.4, 0.5) is 5.69 Å². The Hall–Kier alpha value is -0.890. The van der Waals surface area contributed by atoms with Gasteiger partial charge in [-0.25, -0.2) is 0 Å². The first-order valence-electron chi connectivity index (χ1n) is 3.72. The van der Waals surface area contributed by atoms with E-state index in [4.69, 9.17) is 16.3 Å². The molecule has 0 aromatic heterocycles. The van der Waals surface area contributed by atoms with E-state index >= 15 is 0 Å². The zero-order valence-corrected chi connectivity index (χ0v) is 7.98. The molecule has 0 spiro atoms. The fraction of sp³-hybridized carbons (Fsp3) is 0.333. The van der Waals surface area contributed by atoms with Crippen molar-refractivity contribution >= 4 is 17.3 Å². The zero-order chi connectivity index (χ0) is 8.97. The van der Waals surface area contributed by atoms with Gasteiger partial charge in [0.25, 0.3) is 0 Å². The molecule has 0 saturated carbocycles. The molecule has 1 rings (SSSR count). The van der Waals surface area contributed by atoms with Gasteiger partial charge in [0, 0.05) is 5.69 Å². The van der Waals surface area contributed by atoms with E-state index in [1.165, 1.54) is 0 Å². The van der Waals surface area contributed by atoms with Crippen LogP contribution < -0.4 is 10.1 Å². The molecule has 66 valence electrons. The molecule has 0 fully saturated rings. The van der Waals surface area contributed by atoms with Gasteiger partial charge in [0.1, 0.15) is 5.75 Å². The maximum absolute atomic E-state index is 5.52. The maximum Gasteiger partial charge on any atom is 0.121 e. The number of anilines is 1. The number of alkyl halides is 1. The number of methoxy groups -OCH3 is 1. The van der Waals surface area contributed by atoms with Gasteiger partial charge in [-0.1, -0.05) is 0 Å². The van der Waals surface area contributed by atoms with Crippen molar-refractivity contribution in [1.29, 1.82) is 0 Å². The number of halogens is 1. The molecule has 0 bridgehead atoms. The molecule has 3 heteroatoms. The van der Waals surface area contributed by atoms with Gasteiger partial charge in [0.15, 0.2) is 0 Å². The molecule has 0 atom stereocenters. The molecule has 0 aliphatic carbocycles. The lowest BCUT2D eigenvalue weighted by atomic mass is 10.2. The molecule has 0 aliphatic rings. The summed E-state index contributed by atoms with van der Waals surface area (Å²) in [7, 11) is 1.66. The summed E-state index contributed by atoms with van der Waals surface area (Å²) in [5, 5.41) is 3.01. The molecular formula is C9H12ClNO. The molecule has 12 heavy (non-hydrogen) atoms. The van der Waals surface area contributed by atoms with Crippen molar-refractivity contribution < 1.29 is 4.74 Å². The number of benzene rings is 1. The third kappa shape index (κ3) is 2.05. The van der Waals surface area contributed by atoms with Crippen molar-refractivity contribution in [2.75, 3.05) is 18.4 Å². The van der Waals surface area contributed by atoms with Crippen molar-refractivity contribution in [2.45, 2.75) is 6.92 Å². The predicted molar refractivity (Wildman–Crippen MR) is 52.1 cm³/mol. The Bertz CT molecular complexity index is 263. The number of hydrogen-bond acceptors (Lipinski definition) is 2. The smallest absolute Gasteiger partial charge is 0.121 e. The highest BCUT2D eigenvalue weighted by atomic mass is 35.5. The quantitative estimate of drug-likeness (QED) is 0.578. The summed E-state index contributed by atoms with van der Waals surface area (Å²) < 4.78 is 5.12. The second kappa shape index (κ2) is 4.21. The number of hydrogen-bond donors (Lipinski definition) is 1. The minimum atomic E-state index is 0.422. The zero-order valence-electron chi connectivity index (χ0n) is 7.23. The van der Waals surface area contributed by atoms with Crippen LogP contribution in [0.3, 0.4) is 0 Å². The van der Waals surface area contributed by atoms with Crippen molar-refractivity contribution in [3.8, 4) is 5.75 Å². The van der Waals surface area contributed by atoms with Gasteiger partial charge in [-0.15, -0.1) is 11.6 Å². The Kier molecular flexibility index (Phi) is 3.23. The molecule has 1 aromatic rings. The summed E-state index contributed by atoms with van der Waals surface area (Å²) in [5.74, 6) is 0.898. The molecule has 0 saturated heterocycles. The second-order valence-corrected chi connectivity index (χ2v) is 2.76. The highest BCUT2D eigenvalue weighted by Gasteiger charge is 1.97. The topological polar surface area (TPSA) is 21.3 Å². The Morgan fingerprint density at radius 1 is 1.50 bits per heavy atom. The highest BCUT2D eigenvalue weighted by Crippen LogP contribution is 2.21. The van der Waals surface area contributed by atoms with E-state index in [1.54, 1.807) is 7.11 Å². The van der Waals surface area contributed by atoms with Crippen molar-refractivity contribution in [3.63, 3.8) is 0 Å². The molecule has 0 amide bonds. The van der Waals surface area contributed by atoms with Crippen LogP contribution in [0, 0.1) is 6.92 Å². The normalized spacial score (nSPS) is 9.58. The van der Waals surface area contributed by atoms with Crippen LogP contribution in [0.1, 0.15) is 5.56 Å². The van der Waals surface area contributed by atoms with E-state index in [9.17, 15) is 0 Å². The summed E-state index contributed by atoms with van der Waals surface area (Å²) in [5.41, 5.74) is 2.12. The van der Waals surface area contributed by atoms with Gasteiger partial charge in [0.05, 0.1) is 13.1 Å². The lowest BCUT2D eigenvalue weighted by Crippen LogP contribution is -1.95. The SMILES string of the molecule is COc1ccc(NCCl)cc1C. The van der Waals surface area contributed by atoms with Crippen LogP contribution in [0.25, 0.3) is 0 Å². The molecule has 0 aliphatic heterocycles. The monoisotopic (exact) mass is 185 g/mol. The lowest BCUT2D eigenvalue weighted by Gasteiger charge is -2.07. The van der Waals surface area contributed by atoms with Crippen LogP contribution in [-0.4, -0.2) is 13.1 Å². The number of ether oxygens (including phenoxy) is 1. The predicted octanol–water partition coefficient (Wildman–Crippen LogP) is 2.61. The fourth-order valence-corrected chi connectivity index (χ4v) is 1.22. The van der Waals surface area contributed by atoms with E-state index in [2.05, 4.69) is 5.32 Å². The number of rotatable bonds is 3. The summed E-state index contributed by atoms with van der Waals surface area (Å²) >= 11 is 5.52. The van der Waals surface area contributed by atoms with E-state index in [1.807, 2.05) is 25.1 Å². The minimum Gasteiger partial charge on any atom is -0.496 e. The minimum absolute atomic E-state index is 0.422. The second-order valence-electron chi connectivity index (χ2n) is 2.49. The Morgan fingerprint density at radius 3 is 2.75 bits per heavy atom. The summed E-state index contributed by atoms with van der Waals surface area (Å²) in [4.78, 5) is 0. The first kappa shape index (κ1) is 9.20. The lowest BCUT2D eigenvalue weighted by molar-refractivity contribution is 0.412. The van der Waals surface area contributed by atoms with Crippen molar-refractivity contribution in [2.24, 2.45) is 0 Å². The van der Waals surface area contributed by atoms with Crippen molar-refractivity contribution in [1.82, 2.24) is 0 Å². The van der Waals surface area contributed by atoms with Crippen LogP contribution in [0.15, 0.2) is 18.2 Å². The van der Waals surface area contributed by atoms with E-state index in [0.717, 1.165) is 17.0 Å². The average Bonchev–Trinajstić information content (AvgIpc) is 2.05. The van der Waals surface area contributed by atoms with Crippen LogP contribution in [0.5, 0.6) is 5.75 Å². The van der Waals surface area contributed by atoms with E-state index < -0.39 is 0 Å². The molecule has 0 unspecified atom stereocenters. The highest BCUT2D eigenvalue weighted by molar-refractivity contribution is 6.18. The average molecular weight is 186 g/mol. The largest absolute Gasteiger partial charge is 0.496 e.